The van der Waals surface area contributed by atoms with Crippen LogP contribution < -0.4 is 4.74 Å². The number of benzene rings is 2. The average Bonchev–Trinajstić information content (AvgIpc) is 2.67. The van der Waals surface area contributed by atoms with Crippen LogP contribution in [0.3, 0.4) is 0 Å². The molecule has 0 aromatic heterocycles. The van der Waals surface area contributed by atoms with E-state index in [1.165, 1.54) is 0 Å². The Morgan fingerprint density at radius 1 is 0.962 bits per heavy atom. The molecule has 2 amide bonds. The lowest BCUT2D eigenvalue weighted by molar-refractivity contribution is -0.134. The number of hydrogen-bond acceptors (Lipinski definition) is 3. The molecule has 0 unspecified atom stereocenters. The Balaban J connectivity index is 1.50. The first kappa shape index (κ1) is 18.3. The Morgan fingerprint density at radius 3 is 2.23 bits per heavy atom. The van der Waals surface area contributed by atoms with Crippen molar-refractivity contribution in [3.63, 3.8) is 0 Å². The van der Waals surface area contributed by atoms with Gasteiger partial charge in [0.05, 0.1) is 10.6 Å². The van der Waals surface area contributed by atoms with Crippen molar-refractivity contribution < 1.29 is 14.3 Å². The van der Waals surface area contributed by atoms with Crippen LogP contribution in [0.25, 0.3) is 0 Å². The topological polar surface area (TPSA) is 49.9 Å². The molecule has 0 spiro atoms. The molecule has 1 saturated heterocycles. The second kappa shape index (κ2) is 8.23. The van der Waals surface area contributed by atoms with Crippen LogP contribution in [-0.2, 0) is 4.79 Å². The first-order chi connectivity index (χ1) is 12.5. The summed E-state index contributed by atoms with van der Waals surface area (Å²) in [5.74, 6) is 0.505. The predicted octanol–water partition coefficient (Wildman–Crippen LogP) is 3.01. The summed E-state index contributed by atoms with van der Waals surface area (Å²) < 4.78 is 5.55. The Kier molecular flexibility index (Phi) is 5.78. The van der Waals surface area contributed by atoms with Crippen molar-refractivity contribution in [1.29, 1.82) is 0 Å². The van der Waals surface area contributed by atoms with Crippen LogP contribution in [0, 0.1) is 6.92 Å². The normalized spacial score (nSPS) is 14.2. The van der Waals surface area contributed by atoms with E-state index in [4.69, 9.17) is 16.3 Å². The molecule has 1 heterocycles. The Labute approximate surface area is 158 Å². The minimum Gasteiger partial charge on any atom is -0.484 e. The monoisotopic (exact) mass is 372 g/mol. The first-order valence-electron chi connectivity index (χ1n) is 8.55. The number of halogens is 1. The summed E-state index contributed by atoms with van der Waals surface area (Å²) in [6.07, 6.45) is 0. The lowest BCUT2D eigenvalue weighted by Gasteiger charge is -2.34. The molecule has 2 aromatic rings. The highest BCUT2D eigenvalue weighted by molar-refractivity contribution is 6.33. The van der Waals surface area contributed by atoms with Crippen molar-refractivity contribution in [2.75, 3.05) is 32.8 Å². The second-order valence-corrected chi connectivity index (χ2v) is 6.66. The van der Waals surface area contributed by atoms with Crippen LogP contribution >= 0.6 is 11.6 Å². The van der Waals surface area contributed by atoms with Crippen molar-refractivity contribution in [3.05, 3.63) is 64.7 Å². The average molecular weight is 373 g/mol. The van der Waals surface area contributed by atoms with Gasteiger partial charge in [0, 0.05) is 26.2 Å². The zero-order valence-electron chi connectivity index (χ0n) is 14.7. The minimum atomic E-state index is -0.0985. The summed E-state index contributed by atoms with van der Waals surface area (Å²) in [6, 6.07) is 14.6. The van der Waals surface area contributed by atoms with Crippen molar-refractivity contribution >= 4 is 23.4 Å². The zero-order valence-corrected chi connectivity index (χ0v) is 15.4. The molecule has 0 aliphatic carbocycles. The molecule has 0 saturated carbocycles. The number of ether oxygens (including phenoxy) is 1. The molecule has 6 heteroatoms. The van der Waals surface area contributed by atoms with Crippen LogP contribution in [0.15, 0.2) is 48.5 Å². The second-order valence-electron chi connectivity index (χ2n) is 6.25. The van der Waals surface area contributed by atoms with Gasteiger partial charge in [0.1, 0.15) is 5.75 Å². The van der Waals surface area contributed by atoms with E-state index in [1.54, 1.807) is 34.1 Å². The molecular weight excluding hydrogens is 352 g/mol. The summed E-state index contributed by atoms with van der Waals surface area (Å²) in [5.41, 5.74) is 1.64. The van der Waals surface area contributed by atoms with E-state index < -0.39 is 0 Å². The third-order valence-electron chi connectivity index (χ3n) is 4.41. The van der Waals surface area contributed by atoms with Crippen molar-refractivity contribution in [2.45, 2.75) is 6.92 Å². The van der Waals surface area contributed by atoms with E-state index in [2.05, 4.69) is 0 Å². The SMILES string of the molecule is Cc1ccc(OCC(=O)N2CCN(C(=O)c3ccccc3Cl)CC2)cc1. The molecule has 0 bridgehead atoms. The van der Waals surface area contributed by atoms with Crippen molar-refractivity contribution in [3.8, 4) is 5.75 Å². The fraction of sp³-hybridized carbons (Fsp3) is 0.300. The molecule has 3 rings (SSSR count). The quantitative estimate of drug-likeness (QED) is 0.829. The molecule has 1 aliphatic rings. The van der Waals surface area contributed by atoms with Gasteiger partial charge in [-0.1, -0.05) is 41.4 Å². The molecular formula is C20H21ClN2O3. The number of hydrogen-bond donors (Lipinski definition) is 0. The molecule has 1 aliphatic heterocycles. The van der Waals surface area contributed by atoms with Gasteiger partial charge in [0.15, 0.2) is 6.61 Å². The van der Waals surface area contributed by atoms with Crippen molar-refractivity contribution in [1.82, 2.24) is 9.80 Å². The largest absolute Gasteiger partial charge is 0.484 e. The summed E-state index contributed by atoms with van der Waals surface area (Å²) in [4.78, 5) is 28.3. The van der Waals surface area contributed by atoms with Gasteiger partial charge in [-0.05, 0) is 31.2 Å². The Bertz CT molecular complexity index is 784. The Hall–Kier alpha value is -2.53. The number of carbonyl (C=O) groups excluding carboxylic acids is 2. The van der Waals surface area contributed by atoms with Gasteiger partial charge in [0.2, 0.25) is 0 Å². The molecule has 1 fully saturated rings. The van der Waals surface area contributed by atoms with Crippen LogP contribution in [0.2, 0.25) is 5.02 Å². The summed E-state index contributed by atoms with van der Waals surface area (Å²) >= 11 is 6.10. The molecule has 5 nitrogen and oxygen atoms in total. The van der Waals surface area contributed by atoms with Crippen LogP contribution in [-0.4, -0.2) is 54.4 Å². The van der Waals surface area contributed by atoms with Gasteiger partial charge in [-0.25, -0.2) is 0 Å². The molecule has 0 atom stereocenters. The van der Waals surface area contributed by atoms with Crippen molar-refractivity contribution in [2.24, 2.45) is 0 Å². The fourth-order valence-corrected chi connectivity index (χ4v) is 3.05. The molecule has 0 radical (unpaired) electrons. The van der Waals surface area contributed by atoms with E-state index in [-0.39, 0.29) is 18.4 Å². The third-order valence-corrected chi connectivity index (χ3v) is 4.74. The highest BCUT2D eigenvalue weighted by Gasteiger charge is 2.25. The first-order valence-corrected chi connectivity index (χ1v) is 8.93. The molecule has 2 aromatic carbocycles. The maximum absolute atomic E-state index is 12.5. The van der Waals surface area contributed by atoms with Gasteiger partial charge in [-0.15, -0.1) is 0 Å². The number of nitrogens with zero attached hydrogens (tertiary/aromatic N) is 2. The lowest BCUT2D eigenvalue weighted by Crippen LogP contribution is -2.51. The van der Waals surface area contributed by atoms with Crippen LogP contribution in [0.5, 0.6) is 5.75 Å². The Morgan fingerprint density at radius 2 is 1.58 bits per heavy atom. The number of rotatable bonds is 4. The van der Waals surface area contributed by atoms with E-state index in [9.17, 15) is 9.59 Å². The number of amides is 2. The van der Waals surface area contributed by atoms with Gasteiger partial charge >= 0.3 is 0 Å². The van der Waals surface area contributed by atoms with E-state index in [0.29, 0.717) is 42.5 Å². The summed E-state index contributed by atoms with van der Waals surface area (Å²) in [7, 11) is 0. The maximum Gasteiger partial charge on any atom is 0.260 e. The van der Waals surface area contributed by atoms with Gasteiger partial charge in [-0.3, -0.25) is 9.59 Å². The fourth-order valence-electron chi connectivity index (χ4n) is 2.83. The number of aryl methyl sites for hydroxylation is 1. The van der Waals surface area contributed by atoms with E-state index >= 15 is 0 Å². The highest BCUT2D eigenvalue weighted by Crippen LogP contribution is 2.18. The van der Waals surface area contributed by atoms with Crippen LogP contribution in [0.4, 0.5) is 0 Å². The molecule has 26 heavy (non-hydrogen) atoms. The smallest absolute Gasteiger partial charge is 0.260 e. The zero-order chi connectivity index (χ0) is 18.5. The van der Waals surface area contributed by atoms with Gasteiger partial charge < -0.3 is 14.5 Å². The standard InChI is InChI=1S/C20H21ClN2O3/c1-15-6-8-16(9-7-15)26-14-19(24)22-10-12-23(13-11-22)20(25)17-4-2-3-5-18(17)21/h2-9H,10-14H2,1H3. The highest BCUT2D eigenvalue weighted by atomic mass is 35.5. The summed E-state index contributed by atoms with van der Waals surface area (Å²) in [6.45, 7) is 3.96. The molecule has 136 valence electrons. The minimum absolute atomic E-state index is 0.00151. The maximum atomic E-state index is 12.5. The lowest BCUT2D eigenvalue weighted by atomic mass is 10.2. The molecule has 0 N–H and O–H groups in total. The third kappa shape index (κ3) is 4.35. The van der Waals surface area contributed by atoms with Crippen LogP contribution in [0.1, 0.15) is 15.9 Å². The number of piperazine rings is 1. The summed E-state index contributed by atoms with van der Waals surface area (Å²) in [5, 5.41) is 0.447. The van der Waals surface area contributed by atoms with E-state index in [1.807, 2.05) is 31.2 Å². The van der Waals surface area contributed by atoms with Gasteiger partial charge in [-0.2, -0.15) is 0 Å². The van der Waals surface area contributed by atoms with E-state index in [0.717, 1.165) is 5.56 Å². The predicted molar refractivity (Wildman–Crippen MR) is 101 cm³/mol. The van der Waals surface area contributed by atoms with Gasteiger partial charge in [0.25, 0.3) is 11.8 Å². The number of carbonyl (C=O) groups is 2.